The molecular weight excluding hydrogens is 314 g/mol. The lowest BCUT2D eigenvalue weighted by atomic mass is 9.92. The van der Waals surface area contributed by atoms with Crippen LogP contribution in [0, 0.1) is 0 Å². The van der Waals surface area contributed by atoms with Crippen LogP contribution in [0.4, 0.5) is 0 Å². The van der Waals surface area contributed by atoms with Crippen molar-refractivity contribution in [3.8, 4) is 0 Å². The second-order valence-corrected chi connectivity index (χ2v) is 7.04. The first kappa shape index (κ1) is 15.9. The Bertz CT molecular complexity index is 750. The van der Waals surface area contributed by atoms with Crippen molar-refractivity contribution in [3.05, 3.63) is 30.0 Å². The van der Waals surface area contributed by atoms with Gasteiger partial charge in [-0.1, -0.05) is 18.2 Å². The molecule has 23 heavy (non-hydrogen) atoms. The van der Waals surface area contributed by atoms with Crippen LogP contribution in [0.5, 0.6) is 0 Å². The highest BCUT2D eigenvalue weighted by Gasteiger charge is 2.41. The van der Waals surface area contributed by atoms with Crippen LogP contribution < -0.4 is 5.32 Å². The van der Waals surface area contributed by atoms with E-state index in [9.17, 15) is 14.7 Å². The van der Waals surface area contributed by atoms with Crippen LogP contribution in [0.2, 0.25) is 0 Å². The number of para-hydroxylation sites is 1. The van der Waals surface area contributed by atoms with E-state index in [0.29, 0.717) is 18.5 Å². The molecular formula is C16H19N3O3S. The van der Waals surface area contributed by atoms with Gasteiger partial charge in [0.15, 0.2) is 0 Å². The maximum atomic E-state index is 12.4. The summed E-state index contributed by atoms with van der Waals surface area (Å²) in [5.41, 5.74) is 0.496. The summed E-state index contributed by atoms with van der Waals surface area (Å²) < 4.78 is 1.74. The molecule has 2 N–H and O–H groups in total. The number of hydrogen-bond acceptors (Lipinski definition) is 4. The molecule has 0 unspecified atom stereocenters. The zero-order valence-electron chi connectivity index (χ0n) is 12.9. The number of amides is 1. The average molecular weight is 333 g/mol. The number of fused-ring (bicyclic) bond motifs is 1. The van der Waals surface area contributed by atoms with Crippen molar-refractivity contribution in [1.82, 2.24) is 15.1 Å². The number of rotatable bonds is 4. The van der Waals surface area contributed by atoms with Gasteiger partial charge in [-0.2, -0.15) is 16.9 Å². The summed E-state index contributed by atoms with van der Waals surface area (Å²) in [6.45, 7) is 0. The summed E-state index contributed by atoms with van der Waals surface area (Å²) in [7, 11) is 1.83. The van der Waals surface area contributed by atoms with Crippen molar-refractivity contribution in [2.45, 2.75) is 24.8 Å². The van der Waals surface area contributed by atoms with Gasteiger partial charge in [-0.3, -0.25) is 9.48 Å². The largest absolute Gasteiger partial charge is 0.480 e. The van der Waals surface area contributed by atoms with E-state index in [-0.39, 0.29) is 12.3 Å². The molecule has 0 bridgehead atoms. The number of carboxylic acid groups (broad SMARTS) is 1. The Morgan fingerprint density at radius 3 is 2.74 bits per heavy atom. The summed E-state index contributed by atoms with van der Waals surface area (Å²) in [4.78, 5) is 24.0. The molecule has 2 heterocycles. The Labute approximate surface area is 138 Å². The molecule has 6 nitrogen and oxygen atoms in total. The second kappa shape index (κ2) is 6.23. The molecule has 0 spiro atoms. The number of aromatic nitrogens is 2. The Hall–Kier alpha value is -2.02. The number of aliphatic carboxylic acids is 1. The number of carbonyl (C=O) groups excluding carboxylic acids is 1. The van der Waals surface area contributed by atoms with Gasteiger partial charge < -0.3 is 10.4 Å². The number of nitrogens with zero attached hydrogens (tertiary/aromatic N) is 2. The number of aryl methyl sites for hydroxylation is 1. The van der Waals surface area contributed by atoms with Crippen molar-refractivity contribution >= 4 is 34.5 Å². The first-order valence-electron chi connectivity index (χ1n) is 7.55. The SMILES string of the molecule is Cn1nc(CC(=O)NC2(C(=O)O)CCSCC2)c2ccccc21. The third kappa shape index (κ3) is 3.06. The molecule has 0 radical (unpaired) electrons. The fourth-order valence-electron chi connectivity index (χ4n) is 2.99. The molecule has 1 aliphatic rings. The predicted molar refractivity (Wildman–Crippen MR) is 89.5 cm³/mol. The topological polar surface area (TPSA) is 84.2 Å². The highest BCUT2D eigenvalue weighted by molar-refractivity contribution is 7.99. The van der Waals surface area contributed by atoms with E-state index in [4.69, 9.17) is 0 Å². The third-order valence-electron chi connectivity index (χ3n) is 4.30. The van der Waals surface area contributed by atoms with Gasteiger partial charge in [0.2, 0.25) is 5.91 Å². The maximum absolute atomic E-state index is 12.4. The molecule has 0 aliphatic carbocycles. The number of hydrogen-bond donors (Lipinski definition) is 2. The van der Waals surface area contributed by atoms with Gasteiger partial charge in [0.1, 0.15) is 5.54 Å². The normalized spacial score (nSPS) is 17.1. The van der Waals surface area contributed by atoms with Gasteiger partial charge in [0.05, 0.1) is 17.6 Å². The maximum Gasteiger partial charge on any atom is 0.329 e. The zero-order chi connectivity index (χ0) is 16.4. The summed E-state index contributed by atoms with van der Waals surface area (Å²) >= 11 is 1.72. The van der Waals surface area contributed by atoms with E-state index >= 15 is 0 Å². The zero-order valence-corrected chi connectivity index (χ0v) is 13.7. The fourth-order valence-corrected chi connectivity index (χ4v) is 4.18. The van der Waals surface area contributed by atoms with E-state index in [1.165, 1.54) is 0 Å². The lowest BCUT2D eigenvalue weighted by molar-refractivity contribution is -0.148. The van der Waals surface area contributed by atoms with Crippen LogP contribution in [0.1, 0.15) is 18.5 Å². The van der Waals surface area contributed by atoms with Crippen LogP contribution in [0.25, 0.3) is 10.9 Å². The number of thioether (sulfide) groups is 1. The molecule has 1 aromatic heterocycles. The molecule has 1 saturated heterocycles. The molecule has 122 valence electrons. The Morgan fingerprint density at radius 1 is 1.35 bits per heavy atom. The fraction of sp³-hybridized carbons (Fsp3) is 0.438. The summed E-state index contributed by atoms with van der Waals surface area (Å²) in [6.07, 6.45) is 1.01. The molecule has 3 rings (SSSR count). The highest BCUT2D eigenvalue weighted by Crippen LogP contribution is 2.27. The first-order valence-corrected chi connectivity index (χ1v) is 8.70. The number of carbonyl (C=O) groups is 2. The number of nitrogens with one attached hydrogen (secondary N) is 1. The minimum Gasteiger partial charge on any atom is -0.480 e. The molecule has 1 aromatic carbocycles. The van der Waals surface area contributed by atoms with Gasteiger partial charge in [-0.25, -0.2) is 4.79 Å². The van der Waals surface area contributed by atoms with Gasteiger partial charge in [0, 0.05) is 12.4 Å². The van der Waals surface area contributed by atoms with Crippen LogP contribution in [-0.4, -0.2) is 43.8 Å². The number of carboxylic acids is 1. The summed E-state index contributed by atoms with van der Waals surface area (Å²) in [5, 5.41) is 17.6. The third-order valence-corrected chi connectivity index (χ3v) is 5.28. The van der Waals surface area contributed by atoms with Gasteiger partial charge in [-0.15, -0.1) is 0 Å². The molecule has 2 aromatic rings. The van der Waals surface area contributed by atoms with Crippen LogP contribution in [-0.2, 0) is 23.1 Å². The minimum atomic E-state index is -1.13. The smallest absolute Gasteiger partial charge is 0.329 e. The quantitative estimate of drug-likeness (QED) is 0.887. The minimum absolute atomic E-state index is 0.0868. The van der Waals surface area contributed by atoms with Gasteiger partial charge in [0.25, 0.3) is 0 Å². The molecule has 7 heteroatoms. The van der Waals surface area contributed by atoms with Crippen LogP contribution in [0.3, 0.4) is 0 Å². The Balaban J connectivity index is 1.79. The predicted octanol–water partition coefficient (Wildman–Crippen LogP) is 1.58. The van der Waals surface area contributed by atoms with E-state index < -0.39 is 11.5 Å². The molecule has 1 aliphatic heterocycles. The average Bonchev–Trinajstić information content (AvgIpc) is 2.84. The standard InChI is InChI=1S/C16H19N3O3S/c1-19-13-5-3-2-4-11(13)12(18-19)10-14(20)17-16(15(21)22)6-8-23-9-7-16/h2-5H,6-10H2,1H3,(H,17,20)(H,21,22). The van der Waals surface area contributed by atoms with Gasteiger partial charge >= 0.3 is 5.97 Å². The molecule has 1 amide bonds. The van der Waals surface area contributed by atoms with Crippen molar-refractivity contribution in [2.24, 2.45) is 7.05 Å². The van der Waals surface area contributed by atoms with E-state index in [1.807, 2.05) is 31.3 Å². The van der Waals surface area contributed by atoms with Crippen molar-refractivity contribution in [2.75, 3.05) is 11.5 Å². The van der Waals surface area contributed by atoms with Crippen LogP contribution >= 0.6 is 11.8 Å². The Kier molecular flexibility index (Phi) is 4.30. The van der Waals surface area contributed by atoms with E-state index in [2.05, 4.69) is 10.4 Å². The Morgan fingerprint density at radius 2 is 2.04 bits per heavy atom. The van der Waals surface area contributed by atoms with Crippen molar-refractivity contribution < 1.29 is 14.7 Å². The first-order chi connectivity index (χ1) is 11.0. The van der Waals surface area contributed by atoms with E-state index in [0.717, 1.165) is 22.4 Å². The summed E-state index contributed by atoms with van der Waals surface area (Å²) in [5.74, 6) is 0.262. The second-order valence-electron chi connectivity index (χ2n) is 5.81. The molecule has 0 saturated carbocycles. The van der Waals surface area contributed by atoms with Crippen molar-refractivity contribution in [3.63, 3.8) is 0 Å². The van der Waals surface area contributed by atoms with Crippen molar-refractivity contribution in [1.29, 1.82) is 0 Å². The number of benzene rings is 1. The molecule has 1 fully saturated rings. The van der Waals surface area contributed by atoms with E-state index in [1.54, 1.807) is 16.4 Å². The van der Waals surface area contributed by atoms with Crippen LogP contribution in [0.15, 0.2) is 24.3 Å². The molecule has 0 atom stereocenters. The lowest BCUT2D eigenvalue weighted by Gasteiger charge is -2.33. The highest BCUT2D eigenvalue weighted by atomic mass is 32.2. The van der Waals surface area contributed by atoms with Gasteiger partial charge in [-0.05, 0) is 30.4 Å². The summed E-state index contributed by atoms with van der Waals surface area (Å²) in [6, 6.07) is 7.70. The lowest BCUT2D eigenvalue weighted by Crippen LogP contribution is -2.56. The monoisotopic (exact) mass is 333 g/mol.